The molecule has 2 amide bonds. The van der Waals surface area contributed by atoms with Crippen LogP contribution in [-0.2, 0) is 9.59 Å². The number of benzene rings is 2. The zero-order valence-corrected chi connectivity index (χ0v) is 19.1. The lowest BCUT2D eigenvalue weighted by Crippen LogP contribution is -2.42. The molecule has 11 heteroatoms. The van der Waals surface area contributed by atoms with Crippen molar-refractivity contribution >= 4 is 45.4 Å². The van der Waals surface area contributed by atoms with Gasteiger partial charge in [-0.05, 0) is 35.9 Å². The van der Waals surface area contributed by atoms with E-state index in [2.05, 4.69) is 42.2 Å². The highest BCUT2D eigenvalue weighted by Crippen LogP contribution is 2.20. The number of carboxylic acid groups (broad SMARTS) is 1. The molecule has 0 spiro atoms. The van der Waals surface area contributed by atoms with Crippen LogP contribution in [0.4, 0.5) is 5.69 Å². The van der Waals surface area contributed by atoms with Gasteiger partial charge in [-0.1, -0.05) is 34.1 Å². The van der Waals surface area contributed by atoms with E-state index in [9.17, 15) is 24.6 Å². The van der Waals surface area contributed by atoms with Gasteiger partial charge >= 0.3 is 5.97 Å². The lowest BCUT2D eigenvalue weighted by molar-refractivity contribution is -0.137. The summed E-state index contributed by atoms with van der Waals surface area (Å²) in [6, 6.07) is 12.9. The van der Waals surface area contributed by atoms with Gasteiger partial charge in [-0.3, -0.25) is 19.4 Å². The maximum atomic E-state index is 12.5. The Balaban J connectivity index is 1.56. The Labute approximate surface area is 198 Å². The standard InChI is InChI=1S/C22H24BrN5O5/c23-15-6-4-13(5-7-15)18(9-20(31)32)28-19(30)12-24-21(33)14-2-1-3-16(8-14)27-22-25-10-17(29)11-26-22/h1-8,17-18,29H,9-12H2,(H,24,33)(H,28,30)(H,31,32)(H2,25,26,27). The number of halogens is 1. The lowest BCUT2D eigenvalue weighted by atomic mass is 10.0. The van der Waals surface area contributed by atoms with Crippen molar-refractivity contribution < 1.29 is 24.6 Å². The summed E-state index contributed by atoms with van der Waals surface area (Å²) >= 11 is 3.32. The van der Waals surface area contributed by atoms with Crippen molar-refractivity contribution in [2.75, 3.05) is 25.0 Å². The van der Waals surface area contributed by atoms with Crippen LogP contribution >= 0.6 is 15.9 Å². The second-order valence-corrected chi connectivity index (χ2v) is 8.30. The van der Waals surface area contributed by atoms with Crippen LogP contribution in [0.3, 0.4) is 0 Å². The monoisotopic (exact) mass is 517 g/mol. The number of hydrogen-bond donors (Lipinski definition) is 6. The molecule has 0 saturated carbocycles. The summed E-state index contributed by atoms with van der Waals surface area (Å²) in [5.41, 5.74) is 1.59. The molecule has 33 heavy (non-hydrogen) atoms. The zero-order valence-electron chi connectivity index (χ0n) is 17.5. The van der Waals surface area contributed by atoms with Gasteiger partial charge in [0.05, 0.1) is 31.7 Å². The van der Waals surface area contributed by atoms with Crippen LogP contribution in [0.5, 0.6) is 0 Å². The number of hydrogen-bond acceptors (Lipinski definition) is 7. The van der Waals surface area contributed by atoms with Crippen molar-refractivity contribution in [3.63, 3.8) is 0 Å². The van der Waals surface area contributed by atoms with E-state index in [4.69, 9.17) is 0 Å². The number of rotatable bonds is 8. The van der Waals surface area contributed by atoms with Crippen LogP contribution < -0.4 is 21.3 Å². The van der Waals surface area contributed by atoms with Crippen LogP contribution in [0.15, 0.2) is 58.0 Å². The van der Waals surface area contributed by atoms with Gasteiger partial charge in [0, 0.05) is 22.3 Å². The molecule has 10 nitrogen and oxygen atoms in total. The Bertz CT molecular complexity index is 1040. The van der Waals surface area contributed by atoms with Crippen LogP contribution in [0.1, 0.15) is 28.4 Å². The van der Waals surface area contributed by atoms with Gasteiger partial charge in [0.2, 0.25) is 5.91 Å². The molecular weight excluding hydrogens is 494 g/mol. The molecule has 0 aromatic heterocycles. The third-order valence-corrected chi connectivity index (χ3v) is 5.28. The Morgan fingerprint density at radius 2 is 1.94 bits per heavy atom. The average molecular weight is 518 g/mol. The van der Waals surface area contributed by atoms with Crippen molar-refractivity contribution in [2.45, 2.75) is 18.6 Å². The van der Waals surface area contributed by atoms with E-state index in [-0.39, 0.29) is 19.5 Å². The summed E-state index contributed by atoms with van der Waals surface area (Å²) in [7, 11) is 0. The van der Waals surface area contributed by atoms with Crippen molar-refractivity contribution in [3.05, 3.63) is 64.1 Å². The fourth-order valence-electron chi connectivity index (χ4n) is 3.12. The minimum Gasteiger partial charge on any atom is -0.481 e. The first kappa shape index (κ1) is 24.2. The quantitative estimate of drug-likeness (QED) is 0.308. The highest BCUT2D eigenvalue weighted by atomic mass is 79.9. The molecule has 0 saturated heterocycles. The number of nitrogens with zero attached hydrogens (tertiary/aromatic N) is 1. The van der Waals surface area contributed by atoms with E-state index in [1.54, 1.807) is 48.5 Å². The van der Waals surface area contributed by atoms with Gasteiger partial charge in [0.15, 0.2) is 5.96 Å². The fourth-order valence-corrected chi connectivity index (χ4v) is 3.38. The number of aliphatic imine (C=N–C) groups is 1. The number of anilines is 1. The zero-order chi connectivity index (χ0) is 23.8. The molecule has 2 atom stereocenters. The SMILES string of the molecule is O=C(O)CC(NC(=O)CNC(=O)c1cccc(NC2=NCC(O)CN2)c1)c1ccc(Br)cc1. The topological polar surface area (TPSA) is 152 Å². The largest absolute Gasteiger partial charge is 0.481 e. The second kappa shape index (κ2) is 11.4. The van der Waals surface area contributed by atoms with Crippen molar-refractivity contribution in [1.29, 1.82) is 0 Å². The van der Waals surface area contributed by atoms with Crippen molar-refractivity contribution in [1.82, 2.24) is 16.0 Å². The first-order valence-electron chi connectivity index (χ1n) is 10.2. The number of aliphatic carboxylic acids is 1. The van der Waals surface area contributed by atoms with E-state index in [0.717, 1.165) is 4.47 Å². The fraction of sp³-hybridized carbons (Fsp3) is 0.273. The van der Waals surface area contributed by atoms with E-state index >= 15 is 0 Å². The van der Waals surface area contributed by atoms with Gasteiger partial charge < -0.3 is 31.5 Å². The van der Waals surface area contributed by atoms with Crippen LogP contribution in [0, 0.1) is 0 Å². The van der Waals surface area contributed by atoms with E-state index < -0.39 is 29.9 Å². The Morgan fingerprint density at radius 3 is 2.61 bits per heavy atom. The number of amides is 2. The summed E-state index contributed by atoms with van der Waals surface area (Å²) in [5.74, 6) is -1.52. The number of nitrogens with one attached hydrogen (secondary N) is 4. The van der Waals surface area contributed by atoms with Crippen molar-refractivity contribution in [2.24, 2.45) is 4.99 Å². The first-order chi connectivity index (χ1) is 15.8. The smallest absolute Gasteiger partial charge is 0.305 e. The predicted molar refractivity (Wildman–Crippen MR) is 126 cm³/mol. The van der Waals surface area contributed by atoms with Gasteiger partial charge in [-0.25, -0.2) is 0 Å². The molecule has 0 radical (unpaired) electrons. The molecule has 1 aliphatic rings. The lowest BCUT2D eigenvalue weighted by Gasteiger charge is -2.20. The van der Waals surface area contributed by atoms with Gasteiger partial charge in [-0.15, -0.1) is 0 Å². The molecule has 1 heterocycles. The molecule has 1 aliphatic heterocycles. The number of aliphatic hydroxyl groups is 1. The molecule has 3 rings (SSSR count). The van der Waals surface area contributed by atoms with E-state index in [0.29, 0.717) is 29.3 Å². The molecule has 2 unspecified atom stereocenters. The molecular formula is C22H24BrN5O5. The normalized spacial score (nSPS) is 16.1. The highest BCUT2D eigenvalue weighted by Gasteiger charge is 2.19. The highest BCUT2D eigenvalue weighted by molar-refractivity contribution is 9.10. The number of carboxylic acids is 1. The minimum absolute atomic E-state index is 0.285. The number of carbonyl (C=O) groups is 3. The maximum absolute atomic E-state index is 12.5. The Morgan fingerprint density at radius 1 is 1.18 bits per heavy atom. The van der Waals surface area contributed by atoms with Gasteiger partial charge in [0.1, 0.15) is 0 Å². The number of guanidine groups is 1. The molecule has 2 aromatic rings. The molecule has 0 fully saturated rings. The molecule has 0 bridgehead atoms. The number of carbonyl (C=O) groups excluding carboxylic acids is 2. The first-order valence-corrected chi connectivity index (χ1v) is 11.0. The summed E-state index contributed by atoms with van der Waals surface area (Å²) in [4.78, 5) is 40.3. The molecule has 2 aromatic carbocycles. The van der Waals surface area contributed by atoms with Crippen LogP contribution in [0.25, 0.3) is 0 Å². The summed E-state index contributed by atoms with van der Waals surface area (Å²) in [6.45, 7) is 0.354. The molecule has 6 N–H and O–H groups in total. The predicted octanol–water partition coefficient (Wildman–Crippen LogP) is 1.24. The number of aliphatic hydroxyl groups excluding tert-OH is 1. The average Bonchev–Trinajstić information content (AvgIpc) is 2.79. The summed E-state index contributed by atoms with van der Waals surface area (Å²) < 4.78 is 0.833. The Kier molecular flexibility index (Phi) is 8.39. The van der Waals surface area contributed by atoms with E-state index in [1.807, 2.05) is 0 Å². The van der Waals surface area contributed by atoms with Crippen LogP contribution in [-0.4, -0.2) is 59.7 Å². The van der Waals surface area contributed by atoms with Gasteiger partial charge in [0.25, 0.3) is 5.91 Å². The van der Waals surface area contributed by atoms with Crippen LogP contribution in [0.2, 0.25) is 0 Å². The van der Waals surface area contributed by atoms with Crippen molar-refractivity contribution in [3.8, 4) is 0 Å². The summed E-state index contributed by atoms with van der Waals surface area (Å²) in [6.07, 6.45) is -0.818. The maximum Gasteiger partial charge on any atom is 0.305 e. The van der Waals surface area contributed by atoms with Gasteiger partial charge in [-0.2, -0.15) is 0 Å². The van der Waals surface area contributed by atoms with E-state index in [1.165, 1.54) is 0 Å². The third kappa shape index (κ3) is 7.58. The molecule has 174 valence electrons. The number of β-amino-alcohol motifs (C(OH)–C–C–N with tert-alkyl or cyclic N) is 1. The minimum atomic E-state index is -1.05. The summed E-state index contributed by atoms with van der Waals surface area (Å²) in [5, 5.41) is 29.8. The second-order valence-electron chi connectivity index (χ2n) is 7.38. The molecule has 0 aliphatic carbocycles. The Hall–Kier alpha value is -3.44. The third-order valence-electron chi connectivity index (χ3n) is 4.75.